The molecule has 9 nitrogen and oxygen atoms in total. The zero-order valence-electron chi connectivity index (χ0n) is 9.85. The molecule has 0 spiro atoms. The van der Waals surface area contributed by atoms with Gasteiger partial charge >= 0.3 is 5.69 Å². The number of nitrogens with zero attached hydrogens (tertiary/aromatic N) is 3. The summed E-state index contributed by atoms with van der Waals surface area (Å²) in [4.78, 5) is 34.2. The number of carbonyl (C=O) groups is 1. The van der Waals surface area contributed by atoms with Crippen LogP contribution >= 0.6 is 0 Å². The largest absolute Gasteiger partial charge is 0.369 e. The summed E-state index contributed by atoms with van der Waals surface area (Å²) in [6, 6.07) is 0. The molecule has 0 saturated carbocycles. The number of aromatic nitrogens is 2. The van der Waals surface area contributed by atoms with Gasteiger partial charge in [-0.3, -0.25) is 18.7 Å². The molecule has 0 saturated heterocycles. The molecule has 0 radical (unpaired) electrons. The number of amides is 1. The van der Waals surface area contributed by atoms with Crippen molar-refractivity contribution >= 4 is 17.4 Å². The number of nitrogens with two attached hydrogens (primary N) is 1. The Morgan fingerprint density at radius 3 is 2.33 bits per heavy atom. The van der Waals surface area contributed by atoms with E-state index in [1.165, 1.54) is 14.1 Å². The van der Waals surface area contributed by atoms with Crippen LogP contribution in [0.25, 0.3) is 0 Å². The van der Waals surface area contributed by atoms with Crippen LogP contribution in [0, 0.1) is 10.9 Å². The fourth-order valence-corrected chi connectivity index (χ4v) is 1.49. The molecule has 0 bridgehead atoms. The normalized spacial score (nSPS) is 10.1. The van der Waals surface area contributed by atoms with E-state index in [9.17, 15) is 14.4 Å². The van der Waals surface area contributed by atoms with Gasteiger partial charge in [0, 0.05) is 14.1 Å². The van der Waals surface area contributed by atoms with Gasteiger partial charge in [0.25, 0.3) is 5.56 Å². The number of rotatable bonds is 4. The lowest BCUT2D eigenvalue weighted by atomic mass is 10.1. The molecule has 9 heteroatoms. The van der Waals surface area contributed by atoms with Crippen molar-refractivity contribution in [2.75, 3.05) is 0 Å². The van der Waals surface area contributed by atoms with Crippen LogP contribution in [-0.4, -0.2) is 20.8 Å². The highest BCUT2D eigenvalue weighted by Crippen LogP contribution is 2.13. The molecule has 1 rings (SSSR count). The lowest BCUT2D eigenvalue weighted by Crippen LogP contribution is -2.40. The molecule has 0 aromatic carbocycles. The molecule has 4 N–H and O–H groups in total. The van der Waals surface area contributed by atoms with Crippen LogP contribution in [0.5, 0.6) is 0 Å². The first kappa shape index (κ1) is 13.5. The summed E-state index contributed by atoms with van der Waals surface area (Å²) in [7, 11) is 2.55. The van der Waals surface area contributed by atoms with E-state index in [4.69, 9.17) is 16.7 Å². The molecule has 0 atom stereocenters. The fourth-order valence-electron chi connectivity index (χ4n) is 1.49. The summed E-state index contributed by atoms with van der Waals surface area (Å²) in [6.45, 7) is 0. The molecular weight excluding hydrogens is 240 g/mol. The van der Waals surface area contributed by atoms with E-state index in [2.05, 4.69) is 5.11 Å². The molecule has 0 aliphatic rings. The summed E-state index contributed by atoms with van der Waals surface area (Å²) in [5.74, 6) is -1.05. The van der Waals surface area contributed by atoms with Crippen molar-refractivity contribution in [1.82, 2.24) is 9.13 Å². The van der Waals surface area contributed by atoms with Crippen LogP contribution < -0.4 is 17.0 Å². The van der Waals surface area contributed by atoms with Gasteiger partial charge in [-0.1, -0.05) is 0 Å². The maximum absolute atomic E-state index is 11.9. The lowest BCUT2D eigenvalue weighted by molar-refractivity contribution is -0.116. The molecule has 0 aliphatic heterocycles. The predicted octanol–water partition coefficient (Wildman–Crippen LogP) is -1.01. The molecule has 1 aromatic rings. The van der Waals surface area contributed by atoms with Gasteiger partial charge in [0.1, 0.15) is 5.56 Å². The van der Waals surface area contributed by atoms with Crippen molar-refractivity contribution in [3.05, 3.63) is 26.4 Å². The van der Waals surface area contributed by atoms with Crippen LogP contribution in [0.1, 0.15) is 12.0 Å². The maximum Gasteiger partial charge on any atom is 0.332 e. The number of primary amides is 1. The van der Waals surface area contributed by atoms with E-state index >= 15 is 0 Å². The van der Waals surface area contributed by atoms with E-state index in [-0.39, 0.29) is 17.1 Å². The number of hydrogen-bond donors (Lipinski definition) is 3. The summed E-state index contributed by atoms with van der Waals surface area (Å²) in [6.07, 6.45) is -0.462. The van der Waals surface area contributed by atoms with E-state index in [0.717, 1.165) is 9.13 Å². The Morgan fingerprint density at radius 2 is 1.89 bits per heavy atom. The average molecular weight is 252 g/mol. The van der Waals surface area contributed by atoms with Crippen LogP contribution in [0.15, 0.2) is 14.7 Å². The van der Waals surface area contributed by atoms with Crippen LogP contribution in [-0.2, 0) is 18.9 Å². The van der Waals surface area contributed by atoms with Crippen LogP contribution in [0.3, 0.4) is 0 Å². The smallest absolute Gasteiger partial charge is 0.332 e. The molecule has 0 aliphatic carbocycles. The minimum absolute atomic E-state index is 0.269. The Labute approximate surface area is 101 Å². The van der Waals surface area contributed by atoms with E-state index in [1.54, 1.807) is 0 Å². The quantitative estimate of drug-likeness (QED) is 0.465. The summed E-state index contributed by atoms with van der Waals surface area (Å²) < 4.78 is 1.73. The van der Waals surface area contributed by atoms with Crippen molar-refractivity contribution in [2.24, 2.45) is 24.9 Å². The molecule has 18 heavy (non-hydrogen) atoms. The van der Waals surface area contributed by atoms with Crippen molar-refractivity contribution in [3.8, 4) is 0 Å². The van der Waals surface area contributed by atoms with Gasteiger partial charge in [0.15, 0.2) is 5.82 Å². The van der Waals surface area contributed by atoms with E-state index < -0.39 is 23.6 Å². The second kappa shape index (κ2) is 4.73. The Kier molecular flexibility index (Phi) is 3.55. The average Bonchev–Trinajstić information content (AvgIpc) is 2.29. The third-order valence-electron chi connectivity index (χ3n) is 2.39. The van der Waals surface area contributed by atoms with Crippen molar-refractivity contribution in [2.45, 2.75) is 6.42 Å². The van der Waals surface area contributed by atoms with Crippen molar-refractivity contribution in [1.29, 1.82) is 10.9 Å². The van der Waals surface area contributed by atoms with Crippen molar-refractivity contribution in [3.63, 3.8) is 0 Å². The van der Waals surface area contributed by atoms with E-state index in [1.807, 2.05) is 0 Å². The third kappa shape index (κ3) is 2.10. The Hall–Kier alpha value is -2.58. The number of carbonyl (C=O) groups excluding carboxylic acids is 1. The monoisotopic (exact) mass is 252 g/mol. The fraction of sp³-hybridized carbons (Fsp3) is 0.333. The van der Waals surface area contributed by atoms with Gasteiger partial charge in [-0.2, -0.15) is 0 Å². The lowest BCUT2D eigenvalue weighted by Gasteiger charge is -2.10. The highest BCUT2D eigenvalue weighted by Gasteiger charge is 2.20. The molecule has 1 aromatic heterocycles. The Bertz CT molecular complexity index is 653. The predicted molar refractivity (Wildman–Crippen MR) is 62.4 cm³/mol. The Morgan fingerprint density at radius 1 is 1.33 bits per heavy atom. The highest BCUT2D eigenvalue weighted by molar-refractivity contribution is 6.10. The molecule has 0 fully saturated rings. The van der Waals surface area contributed by atoms with Crippen LogP contribution in [0.2, 0.25) is 0 Å². The van der Waals surface area contributed by atoms with E-state index in [0.29, 0.717) is 0 Å². The minimum Gasteiger partial charge on any atom is -0.369 e. The van der Waals surface area contributed by atoms with Gasteiger partial charge in [-0.15, -0.1) is 5.11 Å². The number of hydrogen-bond acceptors (Lipinski definition) is 6. The molecule has 96 valence electrons. The zero-order valence-corrected chi connectivity index (χ0v) is 9.85. The van der Waals surface area contributed by atoms with Gasteiger partial charge in [-0.05, 0) is 0 Å². The summed E-state index contributed by atoms with van der Waals surface area (Å²) >= 11 is 0. The number of nitrogens with one attached hydrogen (secondary N) is 2. The summed E-state index contributed by atoms with van der Waals surface area (Å²) in [5.41, 5.74) is 9.83. The molecule has 1 amide bonds. The Balaban J connectivity index is 3.68. The van der Waals surface area contributed by atoms with Gasteiger partial charge in [0.2, 0.25) is 5.91 Å². The van der Waals surface area contributed by atoms with Crippen molar-refractivity contribution < 1.29 is 4.79 Å². The van der Waals surface area contributed by atoms with Gasteiger partial charge in [-0.25, -0.2) is 10.3 Å². The van der Waals surface area contributed by atoms with Gasteiger partial charge in [0.05, 0.1) is 12.1 Å². The molecule has 0 unspecified atom stereocenters. The first-order valence-corrected chi connectivity index (χ1v) is 4.84. The highest BCUT2D eigenvalue weighted by atomic mass is 16.2. The zero-order chi connectivity index (χ0) is 14.0. The van der Waals surface area contributed by atoms with Crippen LogP contribution in [0.4, 0.5) is 5.82 Å². The SMILES string of the molecule is Cn1c(N=N)c(C(=N)CC(N)=O)c(=O)n(C)c1=O. The second-order valence-corrected chi connectivity index (χ2v) is 3.64. The standard InChI is InChI=1S/C9H12N6O3/c1-14-7(13-12)6(4(10)3-5(11)16)8(17)15(2)9(14)18/h10,12H,3H2,1-2H3,(H2,11,16). The first-order valence-electron chi connectivity index (χ1n) is 4.84. The minimum atomic E-state index is -0.785. The second-order valence-electron chi connectivity index (χ2n) is 3.64. The first-order chi connectivity index (χ1) is 8.31. The maximum atomic E-state index is 11.9. The topological polar surface area (TPSA) is 147 Å². The third-order valence-corrected chi connectivity index (χ3v) is 2.39. The molecule has 1 heterocycles. The van der Waals surface area contributed by atoms with Gasteiger partial charge < -0.3 is 11.1 Å². The molecular formula is C9H12N6O3. The summed E-state index contributed by atoms with van der Waals surface area (Å²) in [5, 5.41) is 10.7.